The van der Waals surface area contributed by atoms with Crippen LogP contribution in [0.1, 0.15) is 10.4 Å². The average molecular weight is 404 g/mol. The second-order valence-electron chi connectivity index (χ2n) is 5.95. The van der Waals surface area contributed by atoms with Gasteiger partial charge in [0.2, 0.25) is 0 Å². The van der Waals surface area contributed by atoms with E-state index in [1.165, 1.54) is 36.4 Å². The summed E-state index contributed by atoms with van der Waals surface area (Å²) in [6, 6.07) is 9.95. The van der Waals surface area contributed by atoms with Crippen LogP contribution < -0.4 is 15.5 Å². The number of thiocarbonyl (C=S) groups is 1. The van der Waals surface area contributed by atoms with E-state index in [1.807, 2.05) is 4.90 Å². The second kappa shape index (κ2) is 8.72. The Balaban J connectivity index is 1.82. The average Bonchev–Trinajstić information content (AvgIpc) is 2.70. The fourth-order valence-corrected chi connectivity index (χ4v) is 2.99. The van der Waals surface area contributed by atoms with Crippen molar-refractivity contribution in [3.05, 3.63) is 64.0 Å². The van der Waals surface area contributed by atoms with Crippen molar-refractivity contribution in [3.8, 4) is 0 Å². The van der Waals surface area contributed by atoms with Crippen LogP contribution in [0.25, 0.3) is 0 Å². The molecule has 0 spiro atoms. The number of carbonyl (C=O) groups excluding carboxylic acids is 1. The van der Waals surface area contributed by atoms with Gasteiger partial charge < -0.3 is 15.0 Å². The molecule has 0 aromatic heterocycles. The highest BCUT2D eigenvalue weighted by molar-refractivity contribution is 7.80. The van der Waals surface area contributed by atoms with Crippen molar-refractivity contribution in [3.63, 3.8) is 0 Å². The number of nitrogens with one attached hydrogen (secondary N) is 2. The van der Waals surface area contributed by atoms with Crippen LogP contribution in [0.4, 0.5) is 21.5 Å². The lowest BCUT2D eigenvalue weighted by atomic mass is 10.1. The van der Waals surface area contributed by atoms with Crippen molar-refractivity contribution >= 4 is 40.3 Å². The van der Waals surface area contributed by atoms with Gasteiger partial charge in [0, 0.05) is 25.2 Å². The minimum absolute atomic E-state index is 0.105. The number of anilines is 2. The Kier molecular flexibility index (Phi) is 6.12. The molecule has 1 aliphatic rings. The summed E-state index contributed by atoms with van der Waals surface area (Å²) in [5, 5.41) is 16.1. The summed E-state index contributed by atoms with van der Waals surface area (Å²) in [5.41, 5.74) is 0.546. The number of non-ortho nitro benzene ring substituents is 1. The number of rotatable bonds is 4. The molecule has 3 rings (SSSR count). The molecule has 0 atom stereocenters. The number of nitro groups is 1. The molecule has 0 bridgehead atoms. The third kappa shape index (κ3) is 4.59. The maximum atomic E-state index is 13.7. The molecule has 0 radical (unpaired) electrons. The third-order valence-corrected chi connectivity index (χ3v) is 4.34. The molecular weight excluding hydrogens is 387 g/mol. The number of para-hydroxylation sites is 1. The molecule has 2 aromatic carbocycles. The van der Waals surface area contributed by atoms with Gasteiger partial charge in [0.1, 0.15) is 5.82 Å². The number of hydrogen-bond acceptors (Lipinski definition) is 6. The van der Waals surface area contributed by atoms with E-state index in [0.29, 0.717) is 32.0 Å². The van der Waals surface area contributed by atoms with Crippen molar-refractivity contribution < 1.29 is 18.8 Å². The first-order chi connectivity index (χ1) is 13.5. The first-order valence-corrected chi connectivity index (χ1v) is 8.84. The number of ether oxygens (including phenoxy) is 1. The lowest BCUT2D eigenvalue weighted by Crippen LogP contribution is -2.39. The number of halogens is 1. The van der Waals surface area contributed by atoms with Crippen molar-refractivity contribution in [2.24, 2.45) is 0 Å². The van der Waals surface area contributed by atoms with E-state index < -0.39 is 16.6 Å². The van der Waals surface area contributed by atoms with Gasteiger partial charge in [-0.2, -0.15) is 0 Å². The van der Waals surface area contributed by atoms with E-state index >= 15 is 0 Å². The maximum Gasteiger partial charge on any atom is 0.270 e. The van der Waals surface area contributed by atoms with E-state index in [4.69, 9.17) is 17.0 Å². The minimum Gasteiger partial charge on any atom is -0.378 e. The zero-order valence-corrected chi connectivity index (χ0v) is 15.5. The fourth-order valence-electron chi connectivity index (χ4n) is 2.79. The molecule has 1 heterocycles. The third-order valence-electron chi connectivity index (χ3n) is 4.14. The topological polar surface area (TPSA) is 96.7 Å². The van der Waals surface area contributed by atoms with E-state index in [1.54, 1.807) is 6.07 Å². The van der Waals surface area contributed by atoms with E-state index in [2.05, 4.69) is 10.6 Å². The normalized spacial score (nSPS) is 13.7. The van der Waals surface area contributed by atoms with Gasteiger partial charge in [0.05, 0.1) is 35.1 Å². The first-order valence-electron chi connectivity index (χ1n) is 8.43. The van der Waals surface area contributed by atoms with E-state index in [9.17, 15) is 19.3 Å². The summed E-state index contributed by atoms with van der Waals surface area (Å²) in [4.78, 5) is 25.2. The van der Waals surface area contributed by atoms with Crippen molar-refractivity contribution in [1.82, 2.24) is 5.32 Å². The van der Waals surface area contributed by atoms with Gasteiger partial charge in [-0.25, -0.2) is 4.39 Å². The predicted molar refractivity (Wildman–Crippen MR) is 106 cm³/mol. The van der Waals surface area contributed by atoms with Crippen LogP contribution in [-0.2, 0) is 4.74 Å². The van der Waals surface area contributed by atoms with Gasteiger partial charge in [-0.3, -0.25) is 20.2 Å². The lowest BCUT2D eigenvalue weighted by Gasteiger charge is -2.30. The van der Waals surface area contributed by atoms with Crippen LogP contribution in [-0.4, -0.2) is 42.2 Å². The number of nitro benzene ring substituents is 1. The fraction of sp³-hybridized carbons (Fsp3) is 0.222. The summed E-state index contributed by atoms with van der Waals surface area (Å²) in [6.45, 7) is 2.09. The number of morpholine rings is 1. The number of hydrogen-bond donors (Lipinski definition) is 2. The van der Waals surface area contributed by atoms with Crippen LogP contribution in [0, 0.1) is 15.9 Å². The summed E-state index contributed by atoms with van der Waals surface area (Å²) in [5.74, 6) is -1.15. The molecule has 1 aliphatic heterocycles. The Morgan fingerprint density at radius 1 is 1.21 bits per heavy atom. The van der Waals surface area contributed by atoms with Crippen LogP contribution in [0.5, 0.6) is 0 Å². The van der Waals surface area contributed by atoms with Crippen LogP contribution >= 0.6 is 12.2 Å². The Hall–Kier alpha value is -3.11. The van der Waals surface area contributed by atoms with Gasteiger partial charge in [-0.05, 0) is 30.4 Å². The van der Waals surface area contributed by atoms with Gasteiger partial charge >= 0.3 is 0 Å². The Morgan fingerprint density at radius 3 is 2.61 bits per heavy atom. The molecule has 1 amide bonds. The van der Waals surface area contributed by atoms with Crippen LogP contribution in [0.3, 0.4) is 0 Å². The predicted octanol–water partition coefficient (Wildman–Crippen LogP) is 2.70. The molecule has 0 saturated carbocycles. The monoisotopic (exact) mass is 404 g/mol. The second-order valence-corrected chi connectivity index (χ2v) is 6.35. The molecule has 1 fully saturated rings. The number of carbonyl (C=O) groups is 1. The largest absolute Gasteiger partial charge is 0.378 e. The molecule has 0 unspecified atom stereocenters. The Morgan fingerprint density at radius 2 is 1.93 bits per heavy atom. The van der Waals surface area contributed by atoms with Crippen LogP contribution in [0.2, 0.25) is 0 Å². The highest BCUT2D eigenvalue weighted by Gasteiger charge is 2.22. The summed E-state index contributed by atoms with van der Waals surface area (Å²) < 4.78 is 19.0. The Bertz CT molecular complexity index is 918. The van der Waals surface area contributed by atoms with Crippen molar-refractivity contribution in [2.75, 3.05) is 36.5 Å². The summed E-state index contributed by atoms with van der Waals surface area (Å²) >= 11 is 5.08. The van der Waals surface area contributed by atoms with Crippen molar-refractivity contribution in [1.29, 1.82) is 0 Å². The SMILES string of the molecule is O=C(NC(=S)Nc1ccccc1F)c1cc([N+](=O)[O-])ccc1N1CCOCC1. The summed E-state index contributed by atoms with van der Waals surface area (Å²) in [6.07, 6.45) is 0. The smallest absolute Gasteiger partial charge is 0.270 e. The molecule has 2 N–H and O–H groups in total. The van der Waals surface area contributed by atoms with Gasteiger partial charge in [0.25, 0.3) is 11.6 Å². The highest BCUT2D eigenvalue weighted by Crippen LogP contribution is 2.26. The number of nitrogens with zero attached hydrogens (tertiary/aromatic N) is 2. The van der Waals surface area contributed by atoms with Gasteiger partial charge in [0.15, 0.2) is 5.11 Å². The zero-order chi connectivity index (χ0) is 20.1. The Labute approximate surface area is 165 Å². The number of benzene rings is 2. The molecule has 28 heavy (non-hydrogen) atoms. The van der Waals surface area contributed by atoms with E-state index in [-0.39, 0.29) is 22.1 Å². The first kappa shape index (κ1) is 19.6. The standard InChI is InChI=1S/C18H17FN4O4S/c19-14-3-1-2-4-15(14)20-18(28)21-17(24)13-11-12(23(25)26)5-6-16(13)22-7-9-27-10-8-22/h1-6,11H,7-10H2,(H2,20,21,24,28). The van der Waals surface area contributed by atoms with Crippen LogP contribution in [0.15, 0.2) is 42.5 Å². The molecular formula is C18H17FN4O4S. The molecule has 2 aromatic rings. The summed E-state index contributed by atoms with van der Waals surface area (Å²) in [7, 11) is 0. The maximum absolute atomic E-state index is 13.7. The number of amides is 1. The lowest BCUT2D eigenvalue weighted by molar-refractivity contribution is -0.384. The molecule has 146 valence electrons. The zero-order valence-electron chi connectivity index (χ0n) is 14.7. The highest BCUT2D eigenvalue weighted by atomic mass is 32.1. The minimum atomic E-state index is -0.626. The van der Waals surface area contributed by atoms with Crippen molar-refractivity contribution in [2.45, 2.75) is 0 Å². The molecule has 1 saturated heterocycles. The van der Waals surface area contributed by atoms with E-state index in [0.717, 1.165) is 0 Å². The van der Waals surface area contributed by atoms with Gasteiger partial charge in [-0.15, -0.1) is 0 Å². The molecule has 8 nitrogen and oxygen atoms in total. The molecule has 10 heteroatoms. The molecule has 0 aliphatic carbocycles. The van der Waals surface area contributed by atoms with Gasteiger partial charge in [-0.1, -0.05) is 12.1 Å². The quantitative estimate of drug-likeness (QED) is 0.459.